The van der Waals surface area contributed by atoms with E-state index in [-0.39, 0.29) is 24.2 Å². The van der Waals surface area contributed by atoms with E-state index in [2.05, 4.69) is 11.4 Å². The average molecular weight is 418 g/mol. The number of hydrogen-bond acceptors (Lipinski definition) is 3. The predicted octanol–water partition coefficient (Wildman–Crippen LogP) is 4.35. The van der Waals surface area contributed by atoms with Gasteiger partial charge in [-0.15, -0.1) is 0 Å². The molecule has 5 nitrogen and oxygen atoms in total. The van der Waals surface area contributed by atoms with E-state index < -0.39 is 0 Å². The Morgan fingerprint density at radius 3 is 2.65 bits per heavy atom. The van der Waals surface area contributed by atoms with Crippen LogP contribution in [0, 0.1) is 12.7 Å². The molecule has 1 N–H and O–H groups in total. The molecule has 0 saturated carbocycles. The lowest BCUT2D eigenvalue weighted by Crippen LogP contribution is -2.37. The van der Waals surface area contributed by atoms with Crippen molar-refractivity contribution in [2.24, 2.45) is 0 Å². The normalized spacial score (nSPS) is 13.0. The van der Waals surface area contributed by atoms with Gasteiger partial charge in [0.2, 0.25) is 0 Å². The van der Waals surface area contributed by atoms with Gasteiger partial charge in [-0.05, 0) is 55.3 Å². The van der Waals surface area contributed by atoms with E-state index in [4.69, 9.17) is 4.74 Å². The van der Waals surface area contributed by atoms with Crippen molar-refractivity contribution in [3.8, 4) is 5.75 Å². The summed E-state index contributed by atoms with van der Waals surface area (Å²) >= 11 is 0. The molecule has 0 aromatic heterocycles. The number of hydrogen-bond donors (Lipinski definition) is 1. The molecule has 0 radical (unpaired) electrons. The number of nitrogens with zero attached hydrogens (tertiary/aromatic N) is 1. The third-order valence-corrected chi connectivity index (χ3v) is 5.23. The number of ether oxygens (including phenoxy) is 1. The third kappa shape index (κ3) is 4.91. The SMILES string of the molecule is Cc1cccc(CN2CCc3c(OCC(=O)Nc4ccc(F)cc4)cccc3C2=O)c1. The summed E-state index contributed by atoms with van der Waals surface area (Å²) in [6, 6.07) is 19.0. The van der Waals surface area contributed by atoms with E-state index in [0.29, 0.717) is 36.5 Å². The smallest absolute Gasteiger partial charge is 0.262 e. The molecule has 1 aliphatic heterocycles. The average Bonchev–Trinajstić information content (AvgIpc) is 2.76. The van der Waals surface area contributed by atoms with Crippen molar-refractivity contribution < 1.29 is 18.7 Å². The highest BCUT2D eigenvalue weighted by Gasteiger charge is 2.26. The molecule has 0 bridgehead atoms. The van der Waals surface area contributed by atoms with Crippen molar-refractivity contribution in [3.63, 3.8) is 0 Å². The van der Waals surface area contributed by atoms with Crippen LogP contribution >= 0.6 is 0 Å². The molecule has 31 heavy (non-hydrogen) atoms. The zero-order valence-corrected chi connectivity index (χ0v) is 17.2. The summed E-state index contributed by atoms with van der Waals surface area (Å²) in [5.74, 6) is -0.224. The number of nitrogens with one attached hydrogen (secondary N) is 1. The quantitative estimate of drug-likeness (QED) is 0.648. The van der Waals surface area contributed by atoms with Crippen molar-refractivity contribution >= 4 is 17.5 Å². The second-order valence-electron chi connectivity index (χ2n) is 7.59. The predicted molar refractivity (Wildman–Crippen MR) is 117 cm³/mol. The molecule has 158 valence electrons. The third-order valence-electron chi connectivity index (χ3n) is 5.23. The number of amides is 2. The Kier molecular flexibility index (Phi) is 5.98. The molecule has 4 rings (SSSR count). The lowest BCUT2D eigenvalue weighted by Gasteiger charge is -2.29. The first-order chi connectivity index (χ1) is 15.0. The largest absolute Gasteiger partial charge is 0.483 e. The summed E-state index contributed by atoms with van der Waals surface area (Å²) in [5.41, 5.74) is 4.18. The first kappa shape index (κ1) is 20.6. The molecular weight excluding hydrogens is 395 g/mol. The molecule has 0 aliphatic carbocycles. The fraction of sp³-hybridized carbons (Fsp3) is 0.200. The highest BCUT2D eigenvalue weighted by molar-refractivity contribution is 5.97. The minimum atomic E-state index is -0.369. The van der Waals surface area contributed by atoms with Crippen LogP contribution in [0.15, 0.2) is 66.7 Å². The number of rotatable bonds is 6. The van der Waals surface area contributed by atoms with Crippen molar-refractivity contribution in [3.05, 3.63) is 94.8 Å². The van der Waals surface area contributed by atoms with Crippen LogP contribution in [0.3, 0.4) is 0 Å². The number of carbonyl (C=O) groups excluding carboxylic acids is 2. The zero-order chi connectivity index (χ0) is 21.8. The van der Waals surface area contributed by atoms with Crippen molar-refractivity contribution in [1.29, 1.82) is 0 Å². The second-order valence-corrected chi connectivity index (χ2v) is 7.59. The molecule has 2 amide bonds. The maximum Gasteiger partial charge on any atom is 0.262 e. The van der Waals surface area contributed by atoms with Crippen LogP contribution in [0.25, 0.3) is 0 Å². The van der Waals surface area contributed by atoms with Crippen molar-refractivity contribution in [1.82, 2.24) is 4.90 Å². The van der Waals surface area contributed by atoms with Gasteiger partial charge in [-0.3, -0.25) is 9.59 Å². The van der Waals surface area contributed by atoms with Gasteiger partial charge in [0.1, 0.15) is 11.6 Å². The van der Waals surface area contributed by atoms with Gasteiger partial charge in [0, 0.05) is 29.9 Å². The minimum Gasteiger partial charge on any atom is -0.483 e. The van der Waals surface area contributed by atoms with Crippen LogP contribution in [0.2, 0.25) is 0 Å². The van der Waals surface area contributed by atoms with Crippen LogP contribution in [0.4, 0.5) is 10.1 Å². The number of aryl methyl sites for hydroxylation is 1. The van der Waals surface area contributed by atoms with E-state index in [9.17, 15) is 14.0 Å². The standard InChI is InChI=1S/C25H23FN2O3/c1-17-4-2-5-18(14-17)15-28-13-12-21-22(25(28)30)6-3-7-23(21)31-16-24(29)27-20-10-8-19(26)9-11-20/h2-11,14H,12-13,15-16H2,1H3,(H,27,29). The molecule has 0 fully saturated rings. The lowest BCUT2D eigenvalue weighted by atomic mass is 9.97. The van der Waals surface area contributed by atoms with Crippen LogP contribution in [0.1, 0.15) is 27.0 Å². The minimum absolute atomic E-state index is 0.0380. The molecule has 0 atom stereocenters. The first-order valence-electron chi connectivity index (χ1n) is 10.1. The van der Waals surface area contributed by atoms with Gasteiger partial charge in [-0.2, -0.15) is 0 Å². The monoisotopic (exact) mass is 418 g/mol. The van der Waals surface area contributed by atoms with Gasteiger partial charge in [-0.1, -0.05) is 35.9 Å². The van der Waals surface area contributed by atoms with Gasteiger partial charge < -0.3 is 15.0 Å². The molecule has 1 heterocycles. The topological polar surface area (TPSA) is 58.6 Å². The van der Waals surface area contributed by atoms with Gasteiger partial charge >= 0.3 is 0 Å². The number of anilines is 1. The zero-order valence-electron chi connectivity index (χ0n) is 17.2. The summed E-state index contributed by atoms with van der Waals surface area (Å²) in [7, 11) is 0. The Morgan fingerprint density at radius 2 is 1.87 bits per heavy atom. The Hall–Kier alpha value is -3.67. The molecule has 0 saturated heterocycles. The fourth-order valence-electron chi connectivity index (χ4n) is 3.73. The summed E-state index contributed by atoms with van der Waals surface area (Å²) in [6.45, 7) is 2.98. The summed E-state index contributed by atoms with van der Waals surface area (Å²) < 4.78 is 18.7. The maximum atomic E-state index is 13.0. The summed E-state index contributed by atoms with van der Waals surface area (Å²) in [5, 5.41) is 2.66. The Labute approximate surface area is 180 Å². The van der Waals surface area contributed by atoms with Gasteiger partial charge in [-0.25, -0.2) is 4.39 Å². The van der Waals surface area contributed by atoms with E-state index in [1.165, 1.54) is 24.3 Å². The number of fused-ring (bicyclic) bond motifs is 1. The molecular formula is C25H23FN2O3. The van der Waals surface area contributed by atoms with E-state index >= 15 is 0 Å². The van der Waals surface area contributed by atoms with Gasteiger partial charge in [0.25, 0.3) is 11.8 Å². The van der Waals surface area contributed by atoms with E-state index in [0.717, 1.165) is 16.7 Å². The van der Waals surface area contributed by atoms with Gasteiger partial charge in [0.15, 0.2) is 6.61 Å². The van der Waals surface area contributed by atoms with Crippen LogP contribution in [-0.2, 0) is 17.8 Å². The molecule has 3 aromatic rings. The summed E-state index contributed by atoms with van der Waals surface area (Å²) in [6.07, 6.45) is 0.655. The second kappa shape index (κ2) is 9.00. The van der Waals surface area contributed by atoms with Crippen molar-refractivity contribution in [2.75, 3.05) is 18.5 Å². The fourth-order valence-corrected chi connectivity index (χ4v) is 3.73. The number of benzene rings is 3. The maximum absolute atomic E-state index is 13.0. The lowest BCUT2D eigenvalue weighted by molar-refractivity contribution is -0.118. The highest BCUT2D eigenvalue weighted by atomic mass is 19.1. The Balaban J connectivity index is 1.41. The van der Waals surface area contributed by atoms with Crippen LogP contribution < -0.4 is 10.1 Å². The molecule has 0 spiro atoms. The Morgan fingerprint density at radius 1 is 1.10 bits per heavy atom. The molecule has 1 aliphatic rings. The van der Waals surface area contributed by atoms with Crippen molar-refractivity contribution in [2.45, 2.75) is 19.9 Å². The molecule has 6 heteroatoms. The molecule has 3 aromatic carbocycles. The Bertz CT molecular complexity index is 1110. The van der Waals surface area contributed by atoms with Gasteiger partial charge in [0.05, 0.1) is 0 Å². The molecule has 0 unspecified atom stereocenters. The first-order valence-corrected chi connectivity index (χ1v) is 10.1. The number of halogens is 1. The van der Waals surface area contributed by atoms with Crippen LogP contribution in [-0.4, -0.2) is 29.9 Å². The highest BCUT2D eigenvalue weighted by Crippen LogP contribution is 2.29. The summed E-state index contributed by atoms with van der Waals surface area (Å²) in [4.78, 5) is 27.0. The van der Waals surface area contributed by atoms with Crippen LogP contribution in [0.5, 0.6) is 5.75 Å². The number of carbonyl (C=O) groups is 2. The van der Waals surface area contributed by atoms with E-state index in [1.54, 1.807) is 18.2 Å². The van der Waals surface area contributed by atoms with E-state index in [1.807, 2.05) is 30.0 Å².